The van der Waals surface area contributed by atoms with E-state index in [0.717, 1.165) is 46.5 Å². The summed E-state index contributed by atoms with van der Waals surface area (Å²) in [5, 5.41) is 13.4. The van der Waals surface area contributed by atoms with E-state index in [4.69, 9.17) is 9.72 Å². The number of aromatic nitrogens is 5. The van der Waals surface area contributed by atoms with Gasteiger partial charge in [-0.25, -0.2) is 15.4 Å². The first kappa shape index (κ1) is 21.8. The van der Waals surface area contributed by atoms with Crippen LogP contribution in [0.5, 0.6) is 5.75 Å². The summed E-state index contributed by atoms with van der Waals surface area (Å²) in [6.45, 7) is 2.03. The highest BCUT2D eigenvalue weighted by Crippen LogP contribution is 2.33. The molecule has 5 aromatic rings. The van der Waals surface area contributed by atoms with Gasteiger partial charge in [0.25, 0.3) is 0 Å². The van der Waals surface area contributed by atoms with Gasteiger partial charge >= 0.3 is 0 Å². The number of anilines is 2. The van der Waals surface area contributed by atoms with Gasteiger partial charge in [0.2, 0.25) is 5.95 Å². The van der Waals surface area contributed by atoms with Crippen LogP contribution in [0.3, 0.4) is 0 Å². The molecule has 1 aliphatic heterocycles. The summed E-state index contributed by atoms with van der Waals surface area (Å²) in [4.78, 5) is 13.5. The quantitative estimate of drug-likeness (QED) is 0.299. The second kappa shape index (κ2) is 9.85. The minimum absolute atomic E-state index is 0.393. The highest BCUT2D eigenvalue weighted by atomic mass is 16.5. The Balaban J connectivity index is 1.28. The number of hydrogen-bond acceptors (Lipinski definition) is 8. The zero-order valence-electron chi connectivity index (χ0n) is 19.4. The topological polar surface area (TPSA) is 104 Å². The Kier molecular flexibility index (Phi) is 5.95. The predicted octanol–water partition coefficient (Wildman–Crippen LogP) is 4.57. The third-order valence-electron chi connectivity index (χ3n) is 5.82. The standard InChI is InChI=1S/C27H24N8O/c1-4-19(17-35-11-3-9-31-35)12-22(6-1)32-27-29-16-21-13-23(24-7-10-30-34-24)26(14-25(21)33-27)36-18-20-5-2-8-28-15-20/h1-8,10-16,31H,9,17-18H2,(H,30,34)(H,29,32,33). The van der Waals surface area contributed by atoms with Crippen LogP contribution in [0.1, 0.15) is 11.1 Å². The maximum absolute atomic E-state index is 6.21. The van der Waals surface area contributed by atoms with Crippen LogP contribution in [0.4, 0.5) is 11.6 Å². The highest BCUT2D eigenvalue weighted by molar-refractivity contribution is 5.87. The molecule has 6 rings (SSSR count). The van der Waals surface area contributed by atoms with Crippen molar-refractivity contribution < 1.29 is 4.74 Å². The van der Waals surface area contributed by atoms with Crippen molar-refractivity contribution in [2.45, 2.75) is 13.2 Å². The van der Waals surface area contributed by atoms with Crippen LogP contribution in [-0.2, 0) is 13.2 Å². The van der Waals surface area contributed by atoms with Crippen molar-refractivity contribution in [1.29, 1.82) is 0 Å². The number of hydrogen-bond donors (Lipinski definition) is 3. The average Bonchev–Trinajstić information content (AvgIpc) is 3.63. The number of benzene rings is 2. The minimum atomic E-state index is 0.393. The molecule has 1 aliphatic rings. The fourth-order valence-electron chi connectivity index (χ4n) is 4.08. The van der Waals surface area contributed by atoms with Gasteiger partial charge in [0.05, 0.1) is 17.8 Å². The lowest BCUT2D eigenvalue weighted by atomic mass is 10.1. The molecule has 0 amide bonds. The van der Waals surface area contributed by atoms with Gasteiger partial charge in [0, 0.05) is 65.8 Å². The molecule has 0 radical (unpaired) electrons. The number of nitrogens with zero attached hydrogens (tertiary/aromatic N) is 5. The van der Waals surface area contributed by atoms with Crippen LogP contribution >= 0.6 is 0 Å². The van der Waals surface area contributed by atoms with Crippen LogP contribution in [0.2, 0.25) is 0 Å². The molecule has 0 unspecified atom stereocenters. The summed E-state index contributed by atoms with van der Waals surface area (Å²) in [7, 11) is 0. The highest BCUT2D eigenvalue weighted by Gasteiger charge is 2.13. The van der Waals surface area contributed by atoms with Crippen LogP contribution in [0.15, 0.2) is 91.7 Å². The Labute approximate surface area is 207 Å². The van der Waals surface area contributed by atoms with E-state index >= 15 is 0 Å². The Bertz CT molecular complexity index is 1500. The first-order chi connectivity index (χ1) is 17.8. The number of H-pyrrole nitrogens is 1. The number of rotatable bonds is 8. The molecule has 3 N–H and O–H groups in total. The number of fused-ring (bicyclic) bond motifs is 1. The van der Waals surface area contributed by atoms with E-state index in [1.165, 1.54) is 5.56 Å². The number of hydrazine groups is 1. The summed E-state index contributed by atoms with van der Waals surface area (Å²) in [5.41, 5.74) is 8.91. The molecule has 9 heteroatoms. The molecule has 0 bridgehead atoms. The molecule has 0 saturated heterocycles. The second-order valence-corrected chi connectivity index (χ2v) is 8.42. The molecule has 4 heterocycles. The van der Waals surface area contributed by atoms with Gasteiger partial charge in [-0.2, -0.15) is 5.10 Å². The van der Waals surface area contributed by atoms with Crippen molar-refractivity contribution in [2.24, 2.45) is 0 Å². The van der Waals surface area contributed by atoms with E-state index in [2.05, 4.69) is 60.3 Å². The summed E-state index contributed by atoms with van der Waals surface area (Å²) in [6, 6.07) is 18.0. The van der Waals surface area contributed by atoms with Crippen LogP contribution in [0, 0.1) is 0 Å². The summed E-state index contributed by atoms with van der Waals surface area (Å²) < 4.78 is 6.21. The van der Waals surface area contributed by atoms with E-state index in [0.29, 0.717) is 18.3 Å². The SMILES string of the molecule is C1=CN(Cc2cccc(Nc3ncc4cc(-c5ccn[nH]5)c(OCc5cccnc5)cc4n3)c2)NC1. The summed E-state index contributed by atoms with van der Waals surface area (Å²) in [5.74, 6) is 1.22. The Morgan fingerprint density at radius 3 is 2.81 bits per heavy atom. The van der Waals surface area contributed by atoms with Crippen molar-refractivity contribution in [3.63, 3.8) is 0 Å². The Morgan fingerprint density at radius 2 is 1.97 bits per heavy atom. The minimum Gasteiger partial charge on any atom is -0.488 e. The number of nitrogens with one attached hydrogen (secondary N) is 3. The molecule has 36 heavy (non-hydrogen) atoms. The molecular formula is C27H24N8O. The zero-order valence-corrected chi connectivity index (χ0v) is 19.4. The van der Waals surface area contributed by atoms with E-state index in [-0.39, 0.29) is 0 Å². The van der Waals surface area contributed by atoms with Crippen molar-refractivity contribution in [3.05, 3.63) is 103 Å². The third-order valence-corrected chi connectivity index (χ3v) is 5.82. The van der Waals surface area contributed by atoms with Gasteiger partial charge in [-0.15, -0.1) is 0 Å². The molecule has 0 aliphatic carbocycles. The fourth-order valence-corrected chi connectivity index (χ4v) is 4.08. The first-order valence-electron chi connectivity index (χ1n) is 11.7. The van der Waals surface area contributed by atoms with Crippen LogP contribution < -0.4 is 15.5 Å². The number of ether oxygens (including phenoxy) is 1. The van der Waals surface area contributed by atoms with E-state index in [1.807, 2.05) is 48.7 Å². The van der Waals surface area contributed by atoms with Crippen molar-refractivity contribution in [2.75, 3.05) is 11.9 Å². The van der Waals surface area contributed by atoms with Crippen LogP contribution in [-0.4, -0.2) is 36.7 Å². The Hall–Kier alpha value is -4.76. The predicted molar refractivity (Wildman–Crippen MR) is 138 cm³/mol. The molecular weight excluding hydrogens is 452 g/mol. The molecule has 0 spiro atoms. The monoisotopic (exact) mass is 476 g/mol. The lowest BCUT2D eigenvalue weighted by Crippen LogP contribution is -2.27. The normalized spacial score (nSPS) is 12.8. The molecule has 2 aromatic carbocycles. The third kappa shape index (κ3) is 4.86. The lowest BCUT2D eigenvalue weighted by Gasteiger charge is -2.16. The van der Waals surface area contributed by atoms with Gasteiger partial charge in [-0.3, -0.25) is 10.1 Å². The van der Waals surface area contributed by atoms with Gasteiger partial charge < -0.3 is 15.1 Å². The molecule has 0 atom stereocenters. The summed E-state index contributed by atoms with van der Waals surface area (Å²) in [6.07, 6.45) is 11.2. The fraction of sp³-hybridized carbons (Fsp3) is 0.111. The first-order valence-corrected chi connectivity index (χ1v) is 11.7. The molecule has 0 saturated carbocycles. The molecule has 3 aromatic heterocycles. The Morgan fingerprint density at radius 1 is 1.00 bits per heavy atom. The van der Waals surface area contributed by atoms with Crippen LogP contribution in [0.25, 0.3) is 22.2 Å². The number of pyridine rings is 1. The molecule has 9 nitrogen and oxygen atoms in total. The van der Waals surface area contributed by atoms with Crippen molar-refractivity contribution >= 4 is 22.5 Å². The van der Waals surface area contributed by atoms with Gasteiger partial charge in [-0.05, 0) is 35.9 Å². The molecule has 178 valence electrons. The van der Waals surface area contributed by atoms with E-state index < -0.39 is 0 Å². The van der Waals surface area contributed by atoms with Gasteiger partial charge in [0.15, 0.2) is 0 Å². The second-order valence-electron chi connectivity index (χ2n) is 8.42. The van der Waals surface area contributed by atoms with E-state index in [1.54, 1.807) is 18.6 Å². The van der Waals surface area contributed by atoms with Crippen molar-refractivity contribution in [1.82, 2.24) is 35.6 Å². The van der Waals surface area contributed by atoms with Gasteiger partial charge in [-0.1, -0.05) is 24.3 Å². The van der Waals surface area contributed by atoms with Gasteiger partial charge in [0.1, 0.15) is 12.4 Å². The maximum atomic E-state index is 6.21. The largest absolute Gasteiger partial charge is 0.488 e. The smallest absolute Gasteiger partial charge is 0.227 e. The van der Waals surface area contributed by atoms with E-state index in [9.17, 15) is 0 Å². The molecule has 0 fully saturated rings. The summed E-state index contributed by atoms with van der Waals surface area (Å²) >= 11 is 0. The number of aromatic amines is 1. The average molecular weight is 477 g/mol. The van der Waals surface area contributed by atoms with Crippen molar-refractivity contribution in [3.8, 4) is 17.0 Å². The lowest BCUT2D eigenvalue weighted by molar-refractivity contribution is 0.299. The zero-order chi connectivity index (χ0) is 24.2. The maximum Gasteiger partial charge on any atom is 0.227 e.